The number of amides is 2. The average Bonchev–Trinajstić information content (AvgIpc) is 3.20. The lowest BCUT2D eigenvalue weighted by Gasteiger charge is -2.26. The second kappa shape index (κ2) is 6.74. The Bertz CT molecular complexity index is 793. The van der Waals surface area contributed by atoms with Crippen molar-refractivity contribution in [1.29, 1.82) is 0 Å². The Hall–Kier alpha value is -2.97. The number of carboxylic acid groups (broad SMARTS) is 1. The van der Waals surface area contributed by atoms with Crippen molar-refractivity contribution in [2.45, 2.75) is 26.2 Å². The third kappa shape index (κ3) is 3.12. The molecule has 0 radical (unpaired) electrons. The Balaban J connectivity index is 1.64. The quantitative estimate of drug-likeness (QED) is 0.547. The number of hydrogen-bond donors (Lipinski definition) is 3. The van der Waals surface area contributed by atoms with Crippen LogP contribution in [-0.4, -0.2) is 27.8 Å². The van der Waals surface area contributed by atoms with Crippen LogP contribution in [0.15, 0.2) is 18.2 Å². The van der Waals surface area contributed by atoms with E-state index >= 15 is 0 Å². The molecule has 2 saturated carbocycles. The van der Waals surface area contributed by atoms with Crippen molar-refractivity contribution < 1.29 is 24.4 Å². The molecule has 2 fully saturated rings. The number of carboxylic acids is 1. The van der Waals surface area contributed by atoms with Gasteiger partial charge >= 0.3 is 5.97 Å². The molecule has 1 aromatic carbocycles. The van der Waals surface area contributed by atoms with Crippen LogP contribution >= 0.6 is 0 Å². The van der Waals surface area contributed by atoms with Crippen LogP contribution in [0.5, 0.6) is 0 Å². The summed E-state index contributed by atoms with van der Waals surface area (Å²) in [6.07, 6.45) is 2.37. The predicted octanol–water partition coefficient (Wildman–Crippen LogP) is 1.41. The number of hydrazine groups is 1. The number of fused-ring (bicyclic) bond motifs is 2. The van der Waals surface area contributed by atoms with Gasteiger partial charge in [-0.3, -0.25) is 35.3 Å². The molecule has 138 valence electrons. The molecule has 3 N–H and O–H groups in total. The summed E-state index contributed by atoms with van der Waals surface area (Å²) >= 11 is 0. The van der Waals surface area contributed by atoms with E-state index in [2.05, 4.69) is 10.9 Å². The van der Waals surface area contributed by atoms with Crippen molar-refractivity contribution in [3.8, 4) is 0 Å². The van der Waals surface area contributed by atoms with Crippen LogP contribution in [0.3, 0.4) is 0 Å². The molecule has 0 spiro atoms. The van der Waals surface area contributed by atoms with E-state index in [0.29, 0.717) is 5.56 Å². The van der Waals surface area contributed by atoms with E-state index in [1.54, 1.807) is 0 Å². The molecule has 2 bridgehead atoms. The van der Waals surface area contributed by atoms with Crippen molar-refractivity contribution in [3.63, 3.8) is 0 Å². The average molecular weight is 361 g/mol. The highest BCUT2D eigenvalue weighted by molar-refractivity contribution is 5.96. The number of nitrogens with zero attached hydrogens (tertiary/aromatic N) is 1. The lowest BCUT2D eigenvalue weighted by atomic mass is 9.79. The Morgan fingerprint density at radius 2 is 1.81 bits per heavy atom. The zero-order valence-electron chi connectivity index (χ0n) is 14.1. The summed E-state index contributed by atoms with van der Waals surface area (Å²) in [6.45, 7) is 1.51. The molecule has 0 aromatic heterocycles. The van der Waals surface area contributed by atoms with Gasteiger partial charge in [0, 0.05) is 17.2 Å². The van der Waals surface area contributed by atoms with Gasteiger partial charge in [0.2, 0.25) is 5.91 Å². The molecule has 3 rings (SSSR count). The maximum Gasteiger partial charge on any atom is 0.307 e. The molecule has 9 nitrogen and oxygen atoms in total. The summed E-state index contributed by atoms with van der Waals surface area (Å²) in [5.41, 5.74) is 4.97. The zero-order chi connectivity index (χ0) is 19.0. The Morgan fingerprint density at radius 3 is 2.38 bits per heavy atom. The van der Waals surface area contributed by atoms with E-state index in [0.717, 1.165) is 19.3 Å². The van der Waals surface area contributed by atoms with Gasteiger partial charge in [0.05, 0.1) is 16.8 Å². The van der Waals surface area contributed by atoms with Crippen LogP contribution in [-0.2, 0) is 9.59 Å². The van der Waals surface area contributed by atoms with Crippen LogP contribution in [0, 0.1) is 40.7 Å². The second-order valence-electron chi connectivity index (χ2n) is 6.92. The number of aliphatic carboxylic acids is 1. The van der Waals surface area contributed by atoms with E-state index in [9.17, 15) is 29.6 Å². The third-order valence-corrected chi connectivity index (χ3v) is 5.46. The van der Waals surface area contributed by atoms with Gasteiger partial charge in [-0.25, -0.2) is 0 Å². The van der Waals surface area contributed by atoms with Gasteiger partial charge in [-0.1, -0.05) is 0 Å². The fourth-order valence-electron chi connectivity index (χ4n) is 4.30. The molecule has 0 heterocycles. The minimum absolute atomic E-state index is 0.0151. The largest absolute Gasteiger partial charge is 0.481 e. The number of nitrogens with one attached hydrogen (secondary N) is 2. The number of carbonyl (C=O) groups is 3. The van der Waals surface area contributed by atoms with Gasteiger partial charge in [0.25, 0.3) is 11.6 Å². The Kier molecular flexibility index (Phi) is 4.62. The second-order valence-corrected chi connectivity index (χ2v) is 6.92. The summed E-state index contributed by atoms with van der Waals surface area (Å²) in [5, 5.41) is 20.2. The van der Waals surface area contributed by atoms with Crippen molar-refractivity contribution >= 4 is 23.5 Å². The maximum absolute atomic E-state index is 12.4. The van der Waals surface area contributed by atoms with Crippen LogP contribution < -0.4 is 10.9 Å². The first-order valence-corrected chi connectivity index (χ1v) is 8.37. The molecule has 2 aliphatic carbocycles. The van der Waals surface area contributed by atoms with E-state index in [1.807, 2.05) is 0 Å². The number of nitro groups is 1. The fraction of sp³-hybridized carbons (Fsp3) is 0.471. The SMILES string of the molecule is Cc1cc(C(=O)NNC(=O)C2C3CCC(C3)C2C(=O)O)ccc1[N+](=O)[O-]. The Labute approximate surface area is 148 Å². The molecule has 2 aliphatic rings. The lowest BCUT2D eigenvalue weighted by molar-refractivity contribution is -0.385. The van der Waals surface area contributed by atoms with E-state index in [1.165, 1.54) is 25.1 Å². The lowest BCUT2D eigenvalue weighted by Crippen LogP contribution is -2.48. The van der Waals surface area contributed by atoms with Gasteiger partial charge in [-0.05, 0) is 50.2 Å². The highest BCUT2D eigenvalue weighted by Crippen LogP contribution is 2.52. The van der Waals surface area contributed by atoms with E-state index < -0.39 is 34.5 Å². The topological polar surface area (TPSA) is 139 Å². The fourth-order valence-corrected chi connectivity index (χ4v) is 4.30. The van der Waals surface area contributed by atoms with Crippen LogP contribution in [0.1, 0.15) is 35.2 Å². The zero-order valence-corrected chi connectivity index (χ0v) is 14.1. The summed E-state index contributed by atoms with van der Waals surface area (Å²) in [7, 11) is 0. The summed E-state index contributed by atoms with van der Waals surface area (Å²) in [5.74, 6) is -3.42. The standard InChI is InChI=1S/C17H19N3O6/c1-8-6-11(4-5-12(8)20(25)26)15(21)18-19-16(22)13-9-2-3-10(7-9)14(13)17(23)24/h4-6,9-10,13-14H,2-3,7H2,1H3,(H,18,21)(H,19,22)(H,23,24). The van der Waals surface area contributed by atoms with Crippen molar-refractivity contribution in [2.75, 3.05) is 0 Å². The highest BCUT2D eigenvalue weighted by atomic mass is 16.6. The monoisotopic (exact) mass is 361 g/mol. The number of nitro benzene ring substituents is 1. The van der Waals surface area contributed by atoms with E-state index in [4.69, 9.17) is 0 Å². The molecule has 0 aliphatic heterocycles. The summed E-state index contributed by atoms with van der Waals surface area (Å²) in [6, 6.07) is 3.88. The molecule has 4 atom stereocenters. The van der Waals surface area contributed by atoms with Crippen molar-refractivity contribution in [3.05, 3.63) is 39.4 Å². The normalized spacial score (nSPS) is 26.3. The predicted molar refractivity (Wildman–Crippen MR) is 88.9 cm³/mol. The number of hydrogen-bond acceptors (Lipinski definition) is 5. The number of benzene rings is 1. The molecule has 0 saturated heterocycles. The molecule has 2 amide bonds. The maximum atomic E-state index is 12.4. The molecule has 9 heteroatoms. The van der Waals surface area contributed by atoms with Crippen LogP contribution in [0.25, 0.3) is 0 Å². The first kappa shape index (κ1) is 17.8. The first-order chi connectivity index (χ1) is 12.3. The van der Waals surface area contributed by atoms with Gasteiger partial charge in [0.15, 0.2) is 0 Å². The number of carbonyl (C=O) groups excluding carboxylic acids is 2. The number of aryl methyl sites for hydroxylation is 1. The minimum Gasteiger partial charge on any atom is -0.481 e. The van der Waals surface area contributed by atoms with Crippen LogP contribution in [0.2, 0.25) is 0 Å². The number of rotatable bonds is 4. The molecule has 1 aromatic rings. The smallest absolute Gasteiger partial charge is 0.307 e. The summed E-state index contributed by atoms with van der Waals surface area (Å²) < 4.78 is 0. The highest BCUT2D eigenvalue weighted by Gasteiger charge is 2.54. The van der Waals surface area contributed by atoms with Crippen molar-refractivity contribution in [2.24, 2.45) is 23.7 Å². The van der Waals surface area contributed by atoms with E-state index in [-0.39, 0.29) is 23.1 Å². The first-order valence-electron chi connectivity index (χ1n) is 8.37. The van der Waals surface area contributed by atoms with Gasteiger partial charge in [-0.15, -0.1) is 0 Å². The molecular formula is C17H19N3O6. The van der Waals surface area contributed by atoms with Gasteiger partial charge in [-0.2, -0.15) is 0 Å². The Morgan fingerprint density at radius 1 is 1.15 bits per heavy atom. The van der Waals surface area contributed by atoms with Gasteiger partial charge < -0.3 is 5.11 Å². The van der Waals surface area contributed by atoms with Crippen LogP contribution in [0.4, 0.5) is 5.69 Å². The van der Waals surface area contributed by atoms with Crippen molar-refractivity contribution in [1.82, 2.24) is 10.9 Å². The minimum atomic E-state index is -0.977. The van der Waals surface area contributed by atoms with Gasteiger partial charge in [0.1, 0.15) is 0 Å². The summed E-state index contributed by atoms with van der Waals surface area (Å²) in [4.78, 5) is 46.3. The third-order valence-electron chi connectivity index (χ3n) is 5.46. The molecular weight excluding hydrogens is 342 g/mol. The molecule has 4 unspecified atom stereocenters. The molecule has 26 heavy (non-hydrogen) atoms.